The van der Waals surface area contributed by atoms with E-state index in [9.17, 15) is 14.7 Å². The molecule has 0 spiro atoms. The molecular weight excluding hydrogens is 266 g/mol. The van der Waals surface area contributed by atoms with E-state index in [1.54, 1.807) is 0 Å². The van der Waals surface area contributed by atoms with Crippen LogP contribution in [0.2, 0.25) is 0 Å². The number of aliphatic carboxylic acids is 1. The van der Waals surface area contributed by atoms with Gasteiger partial charge in [0, 0.05) is 19.0 Å². The third-order valence-corrected chi connectivity index (χ3v) is 4.95. The fourth-order valence-electron chi connectivity index (χ4n) is 3.23. The number of carboxylic acids is 1. The number of nitrogens with zero attached hydrogens (tertiary/aromatic N) is 1. The van der Waals surface area contributed by atoms with Crippen LogP contribution in [0, 0.1) is 5.41 Å². The smallest absolute Gasteiger partial charge is 0.310 e. The Morgan fingerprint density at radius 1 is 1.19 bits per heavy atom. The molecule has 0 aliphatic heterocycles. The van der Waals surface area contributed by atoms with Crippen molar-refractivity contribution in [1.29, 1.82) is 0 Å². The molecule has 4 heteroatoms. The van der Waals surface area contributed by atoms with Gasteiger partial charge in [-0.2, -0.15) is 0 Å². The van der Waals surface area contributed by atoms with Gasteiger partial charge < -0.3 is 10.0 Å². The van der Waals surface area contributed by atoms with E-state index in [0.717, 1.165) is 45.1 Å². The molecule has 1 rings (SSSR count). The average Bonchev–Trinajstić information content (AvgIpc) is 2.48. The quantitative estimate of drug-likeness (QED) is 0.740. The SMILES string of the molecule is CCCCN(C(=O)CC1(C(=O)O)CCCCC1)C(C)CC. The maximum Gasteiger partial charge on any atom is 0.310 e. The molecule has 1 amide bonds. The molecule has 0 saturated heterocycles. The van der Waals surface area contributed by atoms with Crippen LogP contribution in [0.1, 0.15) is 78.6 Å². The van der Waals surface area contributed by atoms with Crippen molar-refractivity contribution in [2.75, 3.05) is 6.54 Å². The molecule has 1 saturated carbocycles. The zero-order valence-corrected chi connectivity index (χ0v) is 13.9. The van der Waals surface area contributed by atoms with Gasteiger partial charge in [-0.3, -0.25) is 9.59 Å². The van der Waals surface area contributed by atoms with Gasteiger partial charge in [0.05, 0.1) is 5.41 Å². The lowest BCUT2D eigenvalue weighted by Gasteiger charge is -2.36. The molecule has 0 radical (unpaired) electrons. The normalized spacial score (nSPS) is 19.0. The Balaban J connectivity index is 2.79. The summed E-state index contributed by atoms with van der Waals surface area (Å²) in [5.41, 5.74) is -0.812. The van der Waals surface area contributed by atoms with Crippen molar-refractivity contribution in [2.24, 2.45) is 5.41 Å². The maximum absolute atomic E-state index is 12.7. The van der Waals surface area contributed by atoms with Gasteiger partial charge in [0.15, 0.2) is 0 Å². The largest absolute Gasteiger partial charge is 0.481 e. The van der Waals surface area contributed by atoms with E-state index < -0.39 is 11.4 Å². The second kappa shape index (κ2) is 8.40. The third kappa shape index (κ3) is 4.72. The fraction of sp³-hybridized carbons (Fsp3) is 0.882. The Morgan fingerprint density at radius 3 is 2.29 bits per heavy atom. The summed E-state index contributed by atoms with van der Waals surface area (Å²) < 4.78 is 0. The van der Waals surface area contributed by atoms with Gasteiger partial charge in [-0.05, 0) is 32.6 Å². The first-order chi connectivity index (χ1) is 9.96. The predicted molar refractivity (Wildman–Crippen MR) is 84.1 cm³/mol. The minimum atomic E-state index is -0.812. The second-order valence-corrected chi connectivity index (χ2v) is 6.52. The first-order valence-electron chi connectivity index (χ1n) is 8.49. The Morgan fingerprint density at radius 2 is 1.81 bits per heavy atom. The van der Waals surface area contributed by atoms with Gasteiger partial charge in [0.2, 0.25) is 5.91 Å². The number of carbonyl (C=O) groups excluding carboxylic acids is 1. The molecule has 0 aromatic rings. The monoisotopic (exact) mass is 297 g/mol. The van der Waals surface area contributed by atoms with Crippen molar-refractivity contribution in [3.05, 3.63) is 0 Å². The van der Waals surface area contributed by atoms with Crippen LogP contribution in [0.4, 0.5) is 0 Å². The number of unbranched alkanes of at least 4 members (excludes halogenated alkanes) is 1. The zero-order chi connectivity index (χ0) is 15.9. The van der Waals surface area contributed by atoms with Crippen molar-refractivity contribution < 1.29 is 14.7 Å². The van der Waals surface area contributed by atoms with Gasteiger partial charge >= 0.3 is 5.97 Å². The van der Waals surface area contributed by atoms with Crippen molar-refractivity contribution in [2.45, 2.75) is 84.6 Å². The maximum atomic E-state index is 12.7. The van der Waals surface area contributed by atoms with Crippen LogP contribution in [0.3, 0.4) is 0 Å². The number of carboxylic acid groups (broad SMARTS) is 1. The van der Waals surface area contributed by atoms with Crippen LogP contribution < -0.4 is 0 Å². The molecule has 1 aliphatic carbocycles. The predicted octanol–water partition coefficient (Wildman–Crippen LogP) is 3.84. The van der Waals surface area contributed by atoms with E-state index in [1.165, 1.54) is 0 Å². The van der Waals surface area contributed by atoms with E-state index in [-0.39, 0.29) is 18.4 Å². The molecule has 0 aromatic heterocycles. The number of rotatable bonds is 8. The minimum absolute atomic E-state index is 0.0297. The fourth-order valence-corrected chi connectivity index (χ4v) is 3.23. The minimum Gasteiger partial charge on any atom is -0.481 e. The van der Waals surface area contributed by atoms with Crippen LogP contribution in [0.15, 0.2) is 0 Å². The van der Waals surface area contributed by atoms with Gasteiger partial charge in [0.1, 0.15) is 0 Å². The van der Waals surface area contributed by atoms with E-state index >= 15 is 0 Å². The highest BCUT2D eigenvalue weighted by Crippen LogP contribution is 2.40. The lowest BCUT2D eigenvalue weighted by molar-refractivity contribution is -0.156. The molecule has 21 heavy (non-hydrogen) atoms. The van der Waals surface area contributed by atoms with Crippen molar-refractivity contribution in [1.82, 2.24) is 4.90 Å². The van der Waals surface area contributed by atoms with Crippen LogP contribution in [-0.4, -0.2) is 34.5 Å². The molecule has 1 atom stereocenters. The van der Waals surface area contributed by atoms with Gasteiger partial charge in [-0.1, -0.05) is 39.5 Å². The highest BCUT2D eigenvalue weighted by molar-refractivity contribution is 5.85. The molecule has 1 N–H and O–H groups in total. The van der Waals surface area contributed by atoms with Crippen LogP contribution in [-0.2, 0) is 9.59 Å². The number of hydrogen-bond acceptors (Lipinski definition) is 2. The van der Waals surface area contributed by atoms with Crippen LogP contribution >= 0.6 is 0 Å². The Hall–Kier alpha value is -1.06. The highest BCUT2D eigenvalue weighted by atomic mass is 16.4. The summed E-state index contributed by atoms with van der Waals surface area (Å²) in [6.45, 7) is 6.99. The third-order valence-electron chi connectivity index (χ3n) is 4.95. The van der Waals surface area contributed by atoms with Gasteiger partial charge in [-0.25, -0.2) is 0 Å². The summed E-state index contributed by atoms with van der Waals surface area (Å²) in [6, 6.07) is 0.193. The van der Waals surface area contributed by atoms with E-state index in [2.05, 4.69) is 20.8 Å². The molecule has 1 unspecified atom stereocenters. The molecular formula is C17H31NO3. The number of carbonyl (C=O) groups is 2. The summed E-state index contributed by atoms with van der Waals surface area (Å²) >= 11 is 0. The Kier molecular flexibility index (Phi) is 7.20. The topological polar surface area (TPSA) is 57.6 Å². The van der Waals surface area contributed by atoms with E-state index in [0.29, 0.717) is 12.8 Å². The molecule has 0 heterocycles. The first-order valence-corrected chi connectivity index (χ1v) is 8.49. The van der Waals surface area contributed by atoms with E-state index in [4.69, 9.17) is 0 Å². The Labute approximate surface area is 128 Å². The zero-order valence-electron chi connectivity index (χ0n) is 13.9. The Bertz CT molecular complexity index is 348. The lowest BCUT2D eigenvalue weighted by Crippen LogP contribution is -2.44. The summed E-state index contributed by atoms with van der Waals surface area (Å²) in [4.78, 5) is 26.3. The first kappa shape index (κ1) is 18.0. The lowest BCUT2D eigenvalue weighted by atomic mass is 9.71. The standard InChI is InChI=1S/C17H31NO3/c1-4-6-12-18(14(3)5-2)15(19)13-17(16(20)21)10-8-7-9-11-17/h14H,4-13H2,1-3H3,(H,20,21). The summed E-state index contributed by atoms with van der Waals surface area (Å²) in [6.07, 6.45) is 7.36. The molecule has 4 nitrogen and oxygen atoms in total. The number of hydrogen-bond donors (Lipinski definition) is 1. The van der Waals surface area contributed by atoms with Crippen molar-refractivity contribution in [3.63, 3.8) is 0 Å². The summed E-state index contributed by atoms with van der Waals surface area (Å²) in [5, 5.41) is 9.62. The molecule has 0 bridgehead atoms. The molecule has 1 aliphatic rings. The van der Waals surface area contributed by atoms with Crippen molar-refractivity contribution >= 4 is 11.9 Å². The van der Waals surface area contributed by atoms with E-state index in [1.807, 2.05) is 4.90 Å². The van der Waals surface area contributed by atoms with Crippen LogP contribution in [0.5, 0.6) is 0 Å². The molecule has 1 fully saturated rings. The number of amides is 1. The van der Waals surface area contributed by atoms with Gasteiger partial charge in [0.25, 0.3) is 0 Å². The van der Waals surface area contributed by atoms with Crippen molar-refractivity contribution in [3.8, 4) is 0 Å². The molecule has 122 valence electrons. The second-order valence-electron chi connectivity index (χ2n) is 6.52. The summed E-state index contributed by atoms with van der Waals surface area (Å²) in [7, 11) is 0. The highest BCUT2D eigenvalue weighted by Gasteiger charge is 2.42. The van der Waals surface area contributed by atoms with Gasteiger partial charge in [-0.15, -0.1) is 0 Å². The summed E-state index contributed by atoms with van der Waals surface area (Å²) in [5.74, 6) is -0.753. The molecule has 0 aromatic carbocycles. The van der Waals surface area contributed by atoms with Crippen LogP contribution in [0.25, 0.3) is 0 Å². The average molecular weight is 297 g/mol.